The van der Waals surface area contributed by atoms with Gasteiger partial charge in [0.15, 0.2) is 0 Å². The molecule has 0 radical (unpaired) electrons. The van der Waals surface area contributed by atoms with Crippen molar-refractivity contribution >= 4 is 35.0 Å². The minimum absolute atomic E-state index is 0.0544. The SMILES string of the molecule is CC(=O)Oc1cc(/C=C2\SC(=O)NC2=O)ccc1-c1cc2c(cc1C)C(C)(C)CCC2(C)C. The predicted molar refractivity (Wildman–Crippen MR) is 132 cm³/mol. The Bertz CT molecular complexity index is 1220. The second-order valence-corrected chi connectivity index (χ2v) is 11.2. The first-order valence-electron chi connectivity index (χ1n) is 11.1. The van der Waals surface area contributed by atoms with Crippen molar-refractivity contribution in [1.82, 2.24) is 5.32 Å². The zero-order chi connectivity index (χ0) is 24.1. The van der Waals surface area contributed by atoms with Crippen molar-refractivity contribution in [3.05, 3.63) is 57.5 Å². The van der Waals surface area contributed by atoms with Gasteiger partial charge in [-0.2, -0.15) is 0 Å². The Morgan fingerprint density at radius 2 is 1.64 bits per heavy atom. The van der Waals surface area contributed by atoms with Gasteiger partial charge in [0.25, 0.3) is 11.1 Å². The predicted octanol–water partition coefficient (Wildman–Crippen LogP) is 6.26. The first kappa shape index (κ1) is 23.3. The van der Waals surface area contributed by atoms with Crippen LogP contribution in [0.2, 0.25) is 0 Å². The minimum Gasteiger partial charge on any atom is -0.426 e. The van der Waals surface area contributed by atoms with E-state index in [1.54, 1.807) is 12.1 Å². The standard InChI is InChI=1S/C27H29NO4S/c1-15-11-20-21(27(5,6)10-9-26(20,3)4)14-19(15)18-8-7-17(12-22(18)32-16(2)29)13-23-24(30)28-25(31)33-23/h7-8,11-14H,9-10H2,1-6H3,(H,28,30,31)/b23-13-. The van der Waals surface area contributed by atoms with Gasteiger partial charge in [0.05, 0.1) is 4.91 Å². The molecule has 2 aromatic carbocycles. The lowest BCUT2D eigenvalue weighted by molar-refractivity contribution is -0.131. The van der Waals surface area contributed by atoms with Crippen molar-refractivity contribution in [3.63, 3.8) is 0 Å². The van der Waals surface area contributed by atoms with E-state index in [1.165, 1.54) is 18.1 Å². The van der Waals surface area contributed by atoms with Gasteiger partial charge in [0.2, 0.25) is 0 Å². The van der Waals surface area contributed by atoms with Gasteiger partial charge in [-0.15, -0.1) is 0 Å². The van der Waals surface area contributed by atoms with E-state index in [9.17, 15) is 14.4 Å². The fourth-order valence-electron chi connectivity index (χ4n) is 4.68. The van der Waals surface area contributed by atoms with Crippen LogP contribution in [-0.2, 0) is 20.4 Å². The van der Waals surface area contributed by atoms with Gasteiger partial charge >= 0.3 is 5.97 Å². The highest BCUT2D eigenvalue weighted by atomic mass is 32.2. The van der Waals surface area contributed by atoms with Crippen LogP contribution in [0.4, 0.5) is 4.79 Å². The summed E-state index contributed by atoms with van der Waals surface area (Å²) in [7, 11) is 0. The maximum atomic E-state index is 11.9. The number of carbonyl (C=O) groups excluding carboxylic acids is 3. The van der Waals surface area contributed by atoms with Crippen LogP contribution in [0, 0.1) is 6.92 Å². The summed E-state index contributed by atoms with van der Waals surface area (Å²) in [6.45, 7) is 12.6. The van der Waals surface area contributed by atoms with Crippen LogP contribution in [-0.4, -0.2) is 17.1 Å². The molecule has 1 saturated heterocycles. The number of esters is 1. The molecule has 1 fully saturated rings. The fourth-order valence-corrected chi connectivity index (χ4v) is 5.36. The van der Waals surface area contributed by atoms with Crippen LogP contribution in [0.3, 0.4) is 0 Å². The molecular weight excluding hydrogens is 434 g/mol. The van der Waals surface area contributed by atoms with Gasteiger partial charge in [0.1, 0.15) is 5.75 Å². The number of benzene rings is 2. The topological polar surface area (TPSA) is 72.5 Å². The molecule has 0 unspecified atom stereocenters. The number of carbonyl (C=O) groups is 3. The number of nitrogens with one attached hydrogen (secondary N) is 1. The molecule has 33 heavy (non-hydrogen) atoms. The molecule has 0 saturated carbocycles. The molecule has 5 nitrogen and oxygen atoms in total. The number of fused-ring (bicyclic) bond motifs is 1. The first-order valence-corrected chi connectivity index (χ1v) is 11.9. The van der Waals surface area contributed by atoms with Crippen LogP contribution < -0.4 is 10.1 Å². The minimum atomic E-state index is -0.418. The summed E-state index contributed by atoms with van der Waals surface area (Å²) in [5.74, 6) is -0.401. The number of amides is 2. The molecule has 0 aromatic heterocycles. The summed E-state index contributed by atoms with van der Waals surface area (Å²) >= 11 is 0.860. The zero-order valence-corrected chi connectivity index (χ0v) is 20.7. The van der Waals surface area contributed by atoms with Crippen molar-refractivity contribution in [2.24, 2.45) is 0 Å². The van der Waals surface area contributed by atoms with Crippen LogP contribution in [0.1, 0.15) is 69.7 Å². The monoisotopic (exact) mass is 463 g/mol. The highest BCUT2D eigenvalue weighted by Crippen LogP contribution is 2.48. The highest BCUT2D eigenvalue weighted by Gasteiger charge is 2.37. The molecule has 1 N–H and O–H groups in total. The van der Waals surface area contributed by atoms with Gasteiger partial charge < -0.3 is 4.74 Å². The molecule has 1 aliphatic carbocycles. The van der Waals surface area contributed by atoms with Crippen molar-refractivity contribution in [1.29, 1.82) is 0 Å². The van der Waals surface area contributed by atoms with Crippen LogP contribution in [0.15, 0.2) is 35.2 Å². The van der Waals surface area contributed by atoms with E-state index in [-0.39, 0.29) is 10.8 Å². The summed E-state index contributed by atoms with van der Waals surface area (Å²) in [5.41, 5.74) is 6.53. The normalized spacial score (nSPS) is 19.9. The third-order valence-corrected chi connectivity index (χ3v) is 7.50. The molecule has 4 rings (SSSR count). The molecule has 2 amide bonds. The largest absolute Gasteiger partial charge is 0.426 e. The molecule has 1 heterocycles. The third kappa shape index (κ3) is 4.49. The number of ether oxygens (including phenoxy) is 1. The molecule has 2 aromatic rings. The van der Waals surface area contributed by atoms with E-state index in [1.807, 2.05) is 12.1 Å². The molecule has 1 aliphatic heterocycles. The maximum absolute atomic E-state index is 11.9. The molecule has 0 spiro atoms. The first-order chi connectivity index (χ1) is 15.4. The number of rotatable bonds is 3. The molecule has 172 valence electrons. The van der Waals surface area contributed by atoms with Crippen molar-refractivity contribution in [2.45, 2.75) is 65.2 Å². The summed E-state index contributed by atoms with van der Waals surface area (Å²) in [6.07, 6.45) is 3.88. The number of thioether (sulfide) groups is 1. The van der Waals surface area contributed by atoms with Gasteiger partial charge in [-0.25, -0.2) is 0 Å². The van der Waals surface area contributed by atoms with Crippen LogP contribution in [0.25, 0.3) is 17.2 Å². The van der Waals surface area contributed by atoms with Gasteiger partial charge in [-0.05, 0) is 88.4 Å². The number of aryl methyl sites for hydroxylation is 1. The fraction of sp³-hybridized carbons (Fsp3) is 0.370. The Kier molecular flexibility index (Phi) is 5.77. The van der Waals surface area contributed by atoms with Gasteiger partial charge in [0, 0.05) is 12.5 Å². The van der Waals surface area contributed by atoms with Gasteiger partial charge in [-0.1, -0.05) is 45.9 Å². The van der Waals surface area contributed by atoms with Crippen molar-refractivity contribution < 1.29 is 19.1 Å². The maximum Gasteiger partial charge on any atom is 0.308 e. The average molecular weight is 464 g/mol. The number of hydrogen-bond acceptors (Lipinski definition) is 5. The second kappa shape index (κ2) is 8.17. The Labute approximate surface area is 199 Å². The molecule has 0 bridgehead atoms. The average Bonchev–Trinajstić information content (AvgIpc) is 3.02. The second-order valence-electron chi connectivity index (χ2n) is 10.2. The quantitative estimate of drug-likeness (QED) is 0.330. The Hall–Kier alpha value is -2.86. The van der Waals surface area contributed by atoms with Crippen molar-refractivity contribution in [3.8, 4) is 16.9 Å². The molecule has 0 atom stereocenters. The molecule has 2 aliphatic rings. The van der Waals surface area contributed by atoms with E-state index >= 15 is 0 Å². The third-order valence-electron chi connectivity index (χ3n) is 6.69. The van der Waals surface area contributed by atoms with Crippen LogP contribution in [0.5, 0.6) is 5.75 Å². The lowest BCUT2D eigenvalue weighted by Gasteiger charge is -2.42. The smallest absolute Gasteiger partial charge is 0.308 e. The summed E-state index contributed by atoms with van der Waals surface area (Å²) in [4.78, 5) is 35.6. The van der Waals surface area contributed by atoms with Crippen molar-refractivity contribution in [2.75, 3.05) is 0 Å². The Morgan fingerprint density at radius 1 is 1.00 bits per heavy atom. The number of hydrogen-bond donors (Lipinski definition) is 1. The summed E-state index contributed by atoms with van der Waals surface area (Å²) in [6, 6.07) is 10.1. The Balaban J connectivity index is 1.85. The number of imide groups is 1. The van der Waals surface area contributed by atoms with E-state index in [0.29, 0.717) is 16.2 Å². The van der Waals surface area contributed by atoms with E-state index in [4.69, 9.17) is 4.74 Å². The van der Waals surface area contributed by atoms with E-state index in [0.717, 1.165) is 41.3 Å². The zero-order valence-electron chi connectivity index (χ0n) is 19.9. The molecule has 6 heteroatoms. The van der Waals surface area contributed by atoms with E-state index < -0.39 is 17.1 Å². The van der Waals surface area contributed by atoms with E-state index in [2.05, 4.69) is 52.1 Å². The summed E-state index contributed by atoms with van der Waals surface area (Å²) in [5, 5.41) is 1.86. The lowest BCUT2D eigenvalue weighted by Crippen LogP contribution is -2.34. The van der Waals surface area contributed by atoms with Crippen LogP contribution >= 0.6 is 11.8 Å². The summed E-state index contributed by atoms with van der Waals surface area (Å²) < 4.78 is 5.60. The lowest BCUT2D eigenvalue weighted by atomic mass is 9.62. The van der Waals surface area contributed by atoms with Gasteiger partial charge in [-0.3, -0.25) is 19.7 Å². The highest BCUT2D eigenvalue weighted by molar-refractivity contribution is 8.18. The molecular formula is C27H29NO4S. The Morgan fingerprint density at radius 3 is 2.21 bits per heavy atom.